The molecule has 94 valence electrons. The summed E-state index contributed by atoms with van der Waals surface area (Å²) in [5.41, 5.74) is 3.79. The zero-order chi connectivity index (χ0) is 12.2. The number of hydrogen-bond donors (Lipinski definition) is 1. The van der Waals surface area contributed by atoms with Crippen molar-refractivity contribution in [3.05, 3.63) is 48.1 Å². The van der Waals surface area contributed by atoms with Crippen molar-refractivity contribution in [3.8, 4) is 0 Å². The maximum Gasteiger partial charge on any atom is 0.232 e. The van der Waals surface area contributed by atoms with Crippen LogP contribution in [-0.2, 0) is 9.47 Å². The molecule has 1 aliphatic carbocycles. The molecule has 1 aliphatic heterocycles. The van der Waals surface area contributed by atoms with E-state index in [2.05, 4.69) is 29.6 Å². The molecule has 3 heteroatoms. The molecule has 18 heavy (non-hydrogen) atoms. The number of para-hydroxylation sites is 1. The number of allylic oxidation sites excluding steroid dienone is 2. The Kier molecular flexibility index (Phi) is 3.22. The molecule has 0 atom stereocenters. The topological polar surface area (TPSA) is 30.5 Å². The van der Waals surface area contributed by atoms with E-state index >= 15 is 0 Å². The maximum atomic E-state index is 5.31. The van der Waals surface area contributed by atoms with Crippen molar-refractivity contribution in [2.45, 2.75) is 25.7 Å². The molecule has 0 fully saturated rings. The van der Waals surface area contributed by atoms with E-state index in [1.54, 1.807) is 6.26 Å². The minimum atomic E-state index is 0.299. The number of anilines is 1. The largest absolute Gasteiger partial charge is 0.459 e. The molecule has 0 aromatic heterocycles. The molecule has 1 heterocycles. The van der Waals surface area contributed by atoms with Crippen LogP contribution in [0.4, 0.5) is 5.69 Å². The molecule has 3 nitrogen and oxygen atoms in total. The van der Waals surface area contributed by atoms with Crippen molar-refractivity contribution >= 4 is 11.3 Å². The Balaban J connectivity index is 1.87. The third-order valence-electron chi connectivity index (χ3n) is 3.29. The van der Waals surface area contributed by atoms with Gasteiger partial charge < -0.3 is 14.8 Å². The first-order valence-electron chi connectivity index (χ1n) is 6.43. The van der Waals surface area contributed by atoms with Gasteiger partial charge in [0.05, 0.1) is 0 Å². The van der Waals surface area contributed by atoms with Gasteiger partial charge in [0.1, 0.15) is 6.26 Å². The van der Waals surface area contributed by atoms with Crippen LogP contribution in [0.5, 0.6) is 0 Å². The standard InChI is InChI=1S/C15H17NO2/c1-2-6-12(7-3-1)13-8-4-5-9-14(13)16-15-10-17-11-18-15/h4-6,8-10,16H,1-3,7,11H2. The van der Waals surface area contributed by atoms with Crippen molar-refractivity contribution in [2.24, 2.45) is 0 Å². The van der Waals surface area contributed by atoms with Gasteiger partial charge in [-0.1, -0.05) is 24.3 Å². The third kappa shape index (κ3) is 2.35. The van der Waals surface area contributed by atoms with Crippen molar-refractivity contribution in [2.75, 3.05) is 12.1 Å². The van der Waals surface area contributed by atoms with E-state index in [1.165, 1.54) is 30.4 Å². The lowest BCUT2D eigenvalue weighted by molar-refractivity contribution is 0.0823. The van der Waals surface area contributed by atoms with Crippen LogP contribution in [0, 0.1) is 0 Å². The molecule has 0 radical (unpaired) electrons. The number of benzene rings is 1. The van der Waals surface area contributed by atoms with E-state index in [9.17, 15) is 0 Å². The summed E-state index contributed by atoms with van der Waals surface area (Å²) in [5, 5.41) is 3.28. The lowest BCUT2D eigenvalue weighted by atomic mass is 9.93. The molecule has 0 spiro atoms. The number of ether oxygens (including phenoxy) is 2. The molecule has 0 saturated carbocycles. The van der Waals surface area contributed by atoms with E-state index in [1.807, 2.05) is 6.07 Å². The predicted molar refractivity (Wildman–Crippen MR) is 71.6 cm³/mol. The van der Waals surface area contributed by atoms with E-state index in [0.717, 1.165) is 12.1 Å². The van der Waals surface area contributed by atoms with Gasteiger partial charge in [-0.2, -0.15) is 0 Å². The molecule has 0 unspecified atom stereocenters. The van der Waals surface area contributed by atoms with Crippen molar-refractivity contribution in [3.63, 3.8) is 0 Å². The van der Waals surface area contributed by atoms with Crippen LogP contribution in [-0.4, -0.2) is 6.79 Å². The Bertz CT molecular complexity index is 491. The number of nitrogens with one attached hydrogen (secondary N) is 1. The predicted octanol–water partition coefficient (Wildman–Crippen LogP) is 3.86. The van der Waals surface area contributed by atoms with E-state index in [0.29, 0.717) is 12.7 Å². The van der Waals surface area contributed by atoms with Gasteiger partial charge in [-0.05, 0) is 37.3 Å². The van der Waals surface area contributed by atoms with Gasteiger partial charge in [-0.3, -0.25) is 0 Å². The fourth-order valence-electron chi connectivity index (χ4n) is 2.39. The minimum Gasteiger partial charge on any atom is -0.459 e. The van der Waals surface area contributed by atoms with Crippen LogP contribution in [0.3, 0.4) is 0 Å². The van der Waals surface area contributed by atoms with E-state index < -0.39 is 0 Å². The van der Waals surface area contributed by atoms with Gasteiger partial charge in [-0.15, -0.1) is 0 Å². The highest BCUT2D eigenvalue weighted by Gasteiger charge is 2.13. The summed E-state index contributed by atoms with van der Waals surface area (Å²) in [6, 6.07) is 8.35. The van der Waals surface area contributed by atoms with Gasteiger partial charge in [0.25, 0.3) is 0 Å². The fraction of sp³-hybridized carbons (Fsp3) is 0.333. The summed E-state index contributed by atoms with van der Waals surface area (Å²) in [4.78, 5) is 0. The summed E-state index contributed by atoms with van der Waals surface area (Å²) in [7, 11) is 0. The Morgan fingerprint density at radius 1 is 1.11 bits per heavy atom. The molecule has 1 aromatic rings. The molecule has 2 aliphatic rings. The monoisotopic (exact) mass is 243 g/mol. The first-order chi connectivity index (χ1) is 8.93. The van der Waals surface area contributed by atoms with Crippen LogP contribution in [0.25, 0.3) is 5.57 Å². The van der Waals surface area contributed by atoms with Gasteiger partial charge in [0.2, 0.25) is 12.7 Å². The van der Waals surface area contributed by atoms with E-state index in [-0.39, 0.29) is 0 Å². The third-order valence-corrected chi connectivity index (χ3v) is 3.29. The van der Waals surface area contributed by atoms with Crippen LogP contribution < -0.4 is 5.32 Å². The summed E-state index contributed by atoms with van der Waals surface area (Å²) in [5.74, 6) is 0.679. The highest BCUT2D eigenvalue weighted by Crippen LogP contribution is 2.32. The molecular formula is C15H17NO2. The molecule has 1 N–H and O–H groups in total. The second-order valence-electron chi connectivity index (χ2n) is 4.56. The lowest BCUT2D eigenvalue weighted by Gasteiger charge is -2.17. The molecule has 3 rings (SSSR count). The van der Waals surface area contributed by atoms with Gasteiger partial charge >= 0.3 is 0 Å². The first-order valence-corrected chi connectivity index (χ1v) is 6.43. The summed E-state index contributed by atoms with van der Waals surface area (Å²) >= 11 is 0. The highest BCUT2D eigenvalue weighted by atomic mass is 16.7. The zero-order valence-electron chi connectivity index (χ0n) is 10.3. The second-order valence-corrected chi connectivity index (χ2v) is 4.56. The Labute approximate surface area is 107 Å². The van der Waals surface area contributed by atoms with Crippen molar-refractivity contribution in [1.29, 1.82) is 0 Å². The van der Waals surface area contributed by atoms with Gasteiger partial charge in [0, 0.05) is 11.3 Å². The van der Waals surface area contributed by atoms with Crippen LogP contribution in [0.2, 0.25) is 0 Å². The normalized spacial score (nSPS) is 18.4. The molecule has 1 aromatic carbocycles. The summed E-state index contributed by atoms with van der Waals surface area (Å²) < 4.78 is 10.4. The van der Waals surface area contributed by atoms with Gasteiger partial charge in [-0.25, -0.2) is 0 Å². The minimum absolute atomic E-state index is 0.299. The lowest BCUT2D eigenvalue weighted by Crippen LogP contribution is -2.03. The maximum absolute atomic E-state index is 5.31. The molecule has 0 saturated heterocycles. The molecule has 0 bridgehead atoms. The first kappa shape index (κ1) is 11.2. The zero-order valence-corrected chi connectivity index (χ0v) is 10.3. The summed E-state index contributed by atoms with van der Waals surface area (Å²) in [6.45, 7) is 0.299. The fourth-order valence-corrected chi connectivity index (χ4v) is 2.39. The molecular weight excluding hydrogens is 226 g/mol. The molecule has 0 amide bonds. The van der Waals surface area contributed by atoms with Crippen molar-refractivity contribution in [1.82, 2.24) is 0 Å². The quantitative estimate of drug-likeness (QED) is 0.874. The van der Waals surface area contributed by atoms with Gasteiger partial charge in [0.15, 0.2) is 0 Å². The average molecular weight is 243 g/mol. The van der Waals surface area contributed by atoms with E-state index in [4.69, 9.17) is 9.47 Å². The number of hydrogen-bond acceptors (Lipinski definition) is 3. The SMILES string of the molecule is C1=C(Nc2ccccc2C2=CCCCC2)OCO1. The van der Waals surface area contributed by atoms with Crippen LogP contribution in [0.15, 0.2) is 42.5 Å². The van der Waals surface area contributed by atoms with Crippen molar-refractivity contribution < 1.29 is 9.47 Å². The Hall–Kier alpha value is -1.90. The second kappa shape index (κ2) is 5.17. The Morgan fingerprint density at radius 2 is 2.06 bits per heavy atom. The highest BCUT2D eigenvalue weighted by molar-refractivity contribution is 5.77. The smallest absolute Gasteiger partial charge is 0.232 e. The average Bonchev–Trinajstić information content (AvgIpc) is 2.93. The number of rotatable bonds is 3. The van der Waals surface area contributed by atoms with Crippen LogP contribution >= 0.6 is 0 Å². The van der Waals surface area contributed by atoms with Crippen LogP contribution in [0.1, 0.15) is 31.2 Å². The Morgan fingerprint density at radius 3 is 2.83 bits per heavy atom. The summed E-state index contributed by atoms with van der Waals surface area (Å²) in [6.07, 6.45) is 8.90.